The third kappa shape index (κ3) is 4.91. The zero-order valence-electron chi connectivity index (χ0n) is 17.0. The van der Waals surface area contributed by atoms with E-state index >= 15 is 0 Å². The van der Waals surface area contributed by atoms with Gasteiger partial charge in [0.1, 0.15) is 29.2 Å². The van der Waals surface area contributed by atoms with Crippen LogP contribution in [0.5, 0.6) is 11.5 Å². The monoisotopic (exact) mass is 447 g/mol. The number of carbonyl (C=O) groups is 3. The number of ether oxygens (including phenoxy) is 2. The highest BCUT2D eigenvalue weighted by molar-refractivity contribution is 6.32. The molecule has 9 heteroatoms. The molecule has 1 heterocycles. The lowest BCUT2D eigenvalue weighted by Gasteiger charge is -2.24. The minimum absolute atomic E-state index is 0.0651. The van der Waals surface area contributed by atoms with Crippen LogP contribution in [0.2, 0.25) is 5.02 Å². The van der Waals surface area contributed by atoms with E-state index < -0.39 is 35.7 Å². The average molecular weight is 448 g/mol. The van der Waals surface area contributed by atoms with Crippen LogP contribution in [0, 0.1) is 0 Å². The van der Waals surface area contributed by atoms with E-state index in [0.717, 1.165) is 0 Å². The maximum Gasteiger partial charge on any atom is 0.342 e. The molecule has 2 aromatic rings. The van der Waals surface area contributed by atoms with E-state index in [1.54, 1.807) is 26.0 Å². The van der Waals surface area contributed by atoms with Gasteiger partial charge in [0.15, 0.2) is 0 Å². The Morgan fingerprint density at radius 1 is 1.29 bits per heavy atom. The minimum atomic E-state index is -1.07. The molecule has 2 atom stereocenters. The summed E-state index contributed by atoms with van der Waals surface area (Å²) in [5.74, 6) is -2.73. The van der Waals surface area contributed by atoms with Gasteiger partial charge in [-0.2, -0.15) is 0 Å². The molecule has 1 aliphatic heterocycles. The highest BCUT2D eigenvalue weighted by Crippen LogP contribution is 2.36. The lowest BCUT2D eigenvalue weighted by molar-refractivity contribution is -0.145. The molecule has 0 fully saturated rings. The van der Waals surface area contributed by atoms with Crippen molar-refractivity contribution < 1.29 is 34.1 Å². The number of carbonyl (C=O) groups excluding carboxylic acids is 3. The number of cyclic esters (lactones) is 1. The van der Waals surface area contributed by atoms with E-state index in [-0.39, 0.29) is 34.9 Å². The molecule has 3 N–H and O–H groups in total. The van der Waals surface area contributed by atoms with Crippen LogP contribution in [0.1, 0.15) is 45.7 Å². The van der Waals surface area contributed by atoms with Crippen LogP contribution in [-0.4, -0.2) is 46.8 Å². The Labute approximate surface area is 183 Å². The normalized spacial score (nSPS) is 16.1. The molecule has 1 aliphatic rings. The van der Waals surface area contributed by atoms with Crippen molar-refractivity contribution in [3.8, 4) is 11.5 Å². The summed E-state index contributed by atoms with van der Waals surface area (Å²) in [4.78, 5) is 37.6. The number of benzene rings is 2. The predicted molar refractivity (Wildman–Crippen MR) is 111 cm³/mol. The molecule has 0 radical (unpaired) electrons. The van der Waals surface area contributed by atoms with Gasteiger partial charge in [0.25, 0.3) is 5.91 Å². The van der Waals surface area contributed by atoms with Crippen molar-refractivity contribution in [2.24, 2.45) is 0 Å². The molecule has 0 spiro atoms. The highest BCUT2D eigenvalue weighted by Gasteiger charge is 2.33. The van der Waals surface area contributed by atoms with Gasteiger partial charge in [0, 0.05) is 17.9 Å². The summed E-state index contributed by atoms with van der Waals surface area (Å²) in [6.45, 7) is 3.45. The SMILES string of the molecule is CCOC(=O)[C@H](Cc1ccc(O)cc1)NC(=O)c1cc(Cl)c2c(c1O)C(=O)OC(C)C2. The van der Waals surface area contributed by atoms with E-state index in [1.165, 1.54) is 18.2 Å². The topological polar surface area (TPSA) is 122 Å². The van der Waals surface area contributed by atoms with Crippen molar-refractivity contribution in [2.45, 2.75) is 38.8 Å². The van der Waals surface area contributed by atoms with Crippen LogP contribution < -0.4 is 5.32 Å². The lowest BCUT2D eigenvalue weighted by atomic mass is 9.95. The highest BCUT2D eigenvalue weighted by atomic mass is 35.5. The number of amides is 1. The van der Waals surface area contributed by atoms with Crippen LogP contribution in [0.15, 0.2) is 30.3 Å². The van der Waals surface area contributed by atoms with Crippen molar-refractivity contribution in [1.29, 1.82) is 0 Å². The van der Waals surface area contributed by atoms with Crippen molar-refractivity contribution in [3.05, 3.63) is 57.6 Å². The van der Waals surface area contributed by atoms with Crippen LogP contribution in [-0.2, 0) is 27.1 Å². The fourth-order valence-electron chi connectivity index (χ4n) is 3.38. The number of fused-ring (bicyclic) bond motifs is 1. The number of phenolic OH excluding ortho intramolecular Hbond substituents is 2. The molecule has 2 aromatic carbocycles. The van der Waals surface area contributed by atoms with Gasteiger partial charge in [0.2, 0.25) is 0 Å². The Hall–Kier alpha value is -3.26. The third-order valence-electron chi connectivity index (χ3n) is 4.85. The van der Waals surface area contributed by atoms with Crippen LogP contribution >= 0.6 is 11.6 Å². The third-order valence-corrected chi connectivity index (χ3v) is 5.19. The maximum atomic E-state index is 12.9. The van der Waals surface area contributed by atoms with Gasteiger partial charge in [0.05, 0.1) is 12.2 Å². The van der Waals surface area contributed by atoms with Gasteiger partial charge < -0.3 is 25.0 Å². The quantitative estimate of drug-likeness (QED) is 0.582. The van der Waals surface area contributed by atoms with E-state index in [2.05, 4.69) is 5.32 Å². The molecule has 0 saturated carbocycles. The summed E-state index contributed by atoms with van der Waals surface area (Å²) in [7, 11) is 0. The molecule has 0 aliphatic carbocycles. The number of hydrogen-bond donors (Lipinski definition) is 3. The van der Waals surface area contributed by atoms with Crippen molar-refractivity contribution in [2.75, 3.05) is 6.61 Å². The summed E-state index contributed by atoms with van der Waals surface area (Å²) in [6.07, 6.45) is -0.0130. The van der Waals surface area contributed by atoms with Crippen LogP contribution in [0.4, 0.5) is 0 Å². The number of esters is 2. The van der Waals surface area contributed by atoms with Crippen LogP contribution in [0.25, 0.3) is 0 Å². The summed E-state index contributed by atoms with van der Waals surface area (Å²) in [6, 6.07) is 6.33. The number of phenols is 2. The molecule has 0 aromatic heterocycles. The summed E-state index contributed by atoms with van der Waals surface area (Å²) in [5, 5.41) is 22.7. The molecule has 0 saturated heterocycles. The van der Waals surface area contributed by atoms with Crippen molar-refractivity contribution in [3.63, 3.8) is 0 Å². The first-order chi connectivity index (χ1) is 14.7. The summed E-state index contributed by atoms with van der Waals surface area (Å²) < 4.78 is 10.2. The van der Waals surface area contributed by atoms with Crippen LogP contribution in [0.3, 0.4) is 0 Å². The lowest BCUT2D eigenvalue weighted by Crippen LogP contribution is -2.43. The number of hydrogen-bond acceptors (Lipinski definition) is 7. The number of aromatic hydroxyl groups is 2. The van der Waals surface area contributed by atoms with Gasteiger partial charge >= 0.3 is 11.9 Å². The zero-order valence-corrected chi connectivity index (χ0v) is 17.7. The van der Waals surface area contributed by atoms with E-state index in [1.807, 2.05) is 0 Å². The van der Waals surface area contributed by atoms with Gasteiger partial charge in [-0.3, -0.25) is 4.79 Å². The molecule has 31 heavy (non-hydrogen) atoms. The van der Waals surface area contributed by atoms with Gasteiger partial charge in [-0.15, -0.1) is 0 Å². The number of rotatable bonds is 6. The van der Waals surface area contributed by atoms with Crippen molar-refractivity contribution in [1.82, 2.24) is 5.32 Å². The second-order valence-electron chi connectivity index (χ2n) is 7.18. The smallest absolute Gasteiger partial charge is 0.342 e. The first-order valence-electron chi connectivity index (χ1n) is 9.72. The Bertz CT molecular complexity index is 1020. The Morgan fingerprint density at radius 2 is 1.97 bits per heavy atom. The first kappa shape index (κ1) is 22.4. The molecule has 0 bridgehead atoms. The molecule has 1 amide bonds. The largest absolute Gasteiger partial charge is 0.508 e. The van der Waals surface area contributed by atoms with E-state index in [9.17, 15) is 24.6 Å². The first-order valence-corrected chi connectivity index (χ1v) is 10.1. The zero-order chi connectivity index (χ0) is 22.7. The van der Waals surface area contributed by atoms with Gasteiger partial charge in [-0.05, 0) is 43.2 Å². The molecule has 3 rings (SSSR count). The van der Waals surface area contributed by atoms with Gasteiger partial charge in [-0.1, -0.05) is 23.7 Å². The molecule has 1 unspecified atom stereocenters. The Kier molecular flexibility index (Phi) is 6.70. The van der Waals surface area contributed by atoms with E-state index in [0.29, 0.717) is 17.5 Å². The van der Waals surface area contributed by atoms with Crippen molar-refractivity contribution >= 4 is 29.4 Å². The number of halogens is 1. The summed E-state index contributed by atoms with van der Waals surface area (Å²) >= 11 is 6.27. The fraction of sp³-hybridized carbons (Fsp3) is 0.318. The average Bonchev–Trinajstić information content (AvgIpc) is 2.71. The molecule has 164 valence electrons. The molecular formula is C22H22ClNO7. The standard InChI is InChI=1S/C22H22ClNO7/c1-3-30-21(28)17(9-12-4-6-13(25)7-5-12)24-20(27)15-10-16(23)14-8-11(2)31-22(29)18(14)19(15)26/h4-7,10-11,17,25-26H,3,8-9H2,1-2H3,(H,24,27)/t11?,17-/m0/s1. The minimum Gasteiger partial charge on any atom is -0.508 e. The molecule has 8 nitrogen and oxygen atoms in total. The maximum absolute atomic E-state index is 12.9. The second-order valence-corrected chi connectivity index (χ2v) is 7.58. The predicted octanol–water partition coefficient (Wildman–Crippen LogP) is 2.76. The Morgan fingerprint density at radius 3 is 2.61 bits per heavy atom. The summed E-state index contributed by atoms with van der Waals surface area (Å²) in [5.41, 5.74) is 0.671. The van der Waals surface area contributed by atoms with Gasteiger partial charge in [-0.25, -0.2) is 9.59 Å². The molecular weight excluding hydrogens is 426 g/mol. The Balaban J connectivity index is 1.90. The second kappa shape index (κ2) is 9.26. The number of nitrogens with one attached hydrogen (secondary N) is 1. The van der Waals surface area contributed by atoms with E-state index in [4.69, 9.17) is 21.1 Å². The fourth-order valence-corrected chi connectivity index (χ4v) is 3.66.